The fourth-order valence-corrected chi connectivity index (χ4v) is 1.85. The lowest BCUT2D eigenvalue weighted by Gasteiger charge is -2.10. The van der Waals surface area contributed by atoms with Crippen LogP contribution in [0.3, 0.4) is 0 Å². The van der Waals surface area contributed by atoms with E-state index in [1.54, 1.807) is 6.07 Å². The zero-order valence-corrected chi connectivity index (χ0v) is 10.4. The lowest BCUT2D eigenvalue weighted by Crippen LogP contribution is -2.11. The third kappa shape index (κ3) is 2.83. The van der Waals surface area contributed by atoms with E-state index in [4.69, 9.17) is 5.73 Å². The fourth-order valence-electron chi connectivity index (χ4n) is 1.85. The number of benzene rings is 1. The van der Waals surface area contributed by atoms with Crippen LogP contribution in [-0.2, 0) is 6.18 Å². The van der Waals surface area contributed by atoms with E-state index in [2.05, 4.69) is 9.97 Å². The molecule has 0 radical (unpaired) electrons. The molecule has 1 aromatic carbocycles. The van der Waals surface area contributed by atoms with Crippen molar-refractivity contribution in [1.29, 1.82) is 0 Å². The Bertz CT molecular complexity index is 621. The second-order valence-corrected chi connectivity index (χ2v) is 4.31. The summed E-state index contributed by atoms with van der Waals surface area (Å²) in [5.74, 6) is -0.384. The van der Waals surface area contributed by atoms with Gasteiger partial charge in [0.2, 0.25) is 5.95 Å². The molecule has 6 heteroatoms. The number of hydrogen-bond donors (Lipinski definition) is 1. The smallest absolute Gasteiger partial charge is 0.368 e. The summed E-state index contributed by atoms with van der Waals surface area (Å²) in [4.78, 5) is 7.09. The van der Waals surface area contributed by atoms with Crippen LogP contribution in [0.4, 0.5) is 19.1 Å². The average Bonchev–Trinajstić information content (AvgIpc) is 2.26. The number of aromatic nitrogens is 2. The molecule has 19 heavy (non-hydrogen) atoms. The van der Waals surface area contributed by atoms with Gasteiger partial charge in [0.1, 0.15) is 0 Å². The van der Waals surface area contributed by atoms with Crippen LogP contribution < -0.4 is 5.73 Å². The van der Waals surface area contributed by atoms with Gasteiger partial charge in [-0.3, -0.25) is 0 Å². The van der Waals surface area contributed by atoms with Gasteiger partial charge in [-0.05, 0) is 25.5 Å². The largest absolute Gasteiger partial charge is 0.433 e. The van der Waals surface area contributed by atoms with E-state index < -0.39 is 11.9 Å². The molecule has 0 spiro atoms. The summed E-state index contributed by atoms with van der Waals surface area (Å²) >= 11 is 0. The summed E-state index contributed by atoms with van der Waals surface area (Å²) in [5.41, 5.74) is 6.98. The molecule has 0 fully saturated rings. The Kier molecular flexibility index (Phi) is 3.18. The van der Waals surface area contributed by atoms with E-state index in [1.807, 2.05) is 26.0 Å². The number of rotatable bonds is 1. The Morgan fingerprint density at radius 3 is 2.32 bits per heavy atom. The van der Waals surface area contributed by atoms with E-state index in [-0.39, 0.29) is 11.6 Å². The molecule has 0 saturated heterocycles. The van der Waals surface area contributed by atoms with Crippen molar-refractivity contribution in [2.24, 2.45) is 0 Å². The number of nitrogens with two attached hydrogens (primary N) is 1. The standard InChI is InChI=1S/C13H12F3N3/c1-7-3-4-9(8(2)5-7)10-6-11(13(14,15)16)19-12(17)18-10/h3-6H,1-2H3,(H2,17,18,19). The predicted molar refractivity (Wildman–Crippen MR) is 66.4 cm³/mol. The molecule has 1 aromatic heterocycles. The van der Waals surface area contributed by atoms with Crippen LogP contribution in [-0.4, -0.2) is 9.97 Å². The van der Waals surface area contributed by atoms with Crippen LogP contribution in [0.15, 0.2) is 24.3 Å². The van der Waals surface area contributed by atoms with Crippen molar-refractivity contribution in [3.63, 3.8) is 0 Å². The number of nitrogen functional groups attached to an aromatic ring is 1. The molecular formula is C13H12F3N3. The molecular weight excluding hydrogens is 255 g/mol. The molecule has 3 nitrogen and oxygen atoms in total. The topological polar surface area (TPSA) is 51.8 Å². The second-order valence-electron chi connectivity index (χ2n) is 4.31. The molecule has 2 rings (SSSR count). The van der Waals surface area contributed by atoms with Crippen LogP contribution >= 0.6 is 0 Å². The van der Waals surface area contributed by atoms with Crippen molar-refractivity contribution in [3.8, 4) is 11.3 Å². The first-order valence-electron chi connectivity index (χ1n) is 5.57. The molecule has 2 N–H and O–H groups in total. The number of halogens is 3. The minimum atomic E-state index is -4.54. The summed E-state index contributed by atoms with van der Waals surface area (Å²) in [7, 11) is 0. The van der Waals surface area contributed by atoms with E-state index >= 15 is 0 Å². The van der Waals surface area contributed by atoms with Gasteiger partial charge in [-0.1, -0.05) is 23.8 Å². The molecule has 0 saturated carbocycles. The van der Waals surface area contributed by atoms with Gasteiger partial charge in [-0.25, -0.2) is 9.97 Å². The maximum absolute atomic E-state index is 12.7. The van der Waals surface area contributed by atoms with E-state index in [0.29, 0.717) is 5.56 Å². The molecule has 0 bridgehead atoms. The minimum absolute atomic E-state index is 0.178. The Labute approximate surface area is 108 Å². The Balaban J connectivity index is 2.59. The maximum atomic E-state index is 12.7. The predicted octanol–water partition coefficient (Wildman–Crippen LogP) is 3.36. The minimum Gasteiger partial charge on any atom is -0.368 e. The van der Waals surface area contributed by atoms with Gasteiger partial charge >= 0.3 is 6.18 Å². The van der Waals surface area contributed by atoms with Crippen LogP contribution in [0.25, 0.3) is 11.3 Å². The fraction of sp³-hybridized carbons (Fsp3) is 0.231. The monoisotopic (exact) mass is 267 g/mol. The molecule has 0 aliphatic heterocycles. The van der Waals surface area contributed by atoms with Crippen LogP contribution in [0.2, 0.25) is 0 Å². The number of hydrogen-bond acceptors (Lipinski definition) is 3. The molecule has 100 valence electrons. The highest BCUT2D eigenvalue weighted by atomic mass is 19.4. The van der Waals surface area contributed by atoms with Gasteiger partial charge in [-0.2, -0.15) is 13.2 Å². The van der Waals surface area contributed by atoms with Gasteiger partial charge in [0.05, 0.1) is 5.69 Å². The first-order chi connectivity index (χ1) is 8.77. The van der Waals surface area contributed by atoms with Gasteiger partial charge in [0, 0.05) is 5.56 Å². The quantitative estimate of drug-likeness (QED) is 0.861. The zero-order chi connectivity index (χ0) is 14.2. The lowest BCUT2D eigenvalue weighted by molar-refractivity contribution is -0.141. The van der Waals surface area contributed by atoms with Crippen molar-refractivity contribution in [3.05, 3.63) is 41.1 Å². The summed E-state index contributed by atoms with van der Waals surface area (Å²) in [6.45, 7) is 3.72. The lowest BCUT2D eigenvalue weighted by atomic mass is 10.0. The highest BCUT2D eigenvalue weighted by Gasteiger charge is 2.33. The summed E-state index contributed by atoms with van der Waals surface area (Å²) in [5, 5.41) is 0. The third-order valence-corrected chi connectivity index (χ3v) is 2.69. The second kappa shape index (κ2) is 4.53. The van der Waals surface area contributed by atoms with Gasteiger partial charge in [-0.15, -0.1) is 0 Å². The van der Waals surface area contributed by atoms with Crippen molar-refractivity contribution in [1.82, 2.24) is 9.97 Å². The SMILES string of the molecule is Cc1ccc(-c2cc(C(F)(F)F)nc(N)n2)c(C)c1. The number of anilines is 1. The van der Waals surface area contributed by atoms with Gasteiger partial charge in [0.25, 0.3) is 0 Å². The maximum Gasteiger partial charge on any atom is 0.433 e. The molecule has 0 aliphatic carbocycles. The zero-order valence-electron chi connectivity index (χ0n) is 10.4. The molecule has 0 atom stereocenters. The summed E-state index contributed by atoms with van der Waals surface area (Å²) < 4.78 is 38.0. The first kappa shape index (κ1) is 13.3. The van der Waals surface area contributed by atoms with E-state index in [1.165, 1.54) is 0 Å². The van der Waals surface area contributed by atoms with Crippen molar-refractivity contribution < 1.29 is 13.2 Å². The number of nitrogens with zero attached hydrogens (tertiary/aromatic N) is 2. The van der Waals surface area contributed by atoms with Crippen LogP contribution in [0.1, 0.15) is 16.8 Å². The summed E-state index contributed by atoms with van der Waals surface area (Å²) in [6, 6.07) is 6.33. The van der Waals surface area contributed by atoms with Crippen molar-refractivity contribution in [2.75, 3.05) is 5.73 Å². The molecule has 0 aliphatic rings. The highest BCUT2D eigenvalue weighted by molar-refractivity contribution is 5.65. The Morgan fingerprint density at radius 2 is 1.74 bits per heavy atom. The molecule has 1 heterocycles. The Morgan fingerprint density at radius 1 is 1.05 bits per heavy atom. The van der Waals surface area contributed by atoms with Gasteiger partial charge in [0.15, 0.2) is 5.69 Å². The van der Waals surface area contributed by atoms with Crippen LogP contribution in [0.5, 0.6) is 0 Å². The third-order valence-electron chi connectivity index (χ3n) is 2.69. The number of aryl methyl sites for hydroxylation is 2. The molecule has 0 unspecified atom stereocenters. The van der Waals surface area contributed by atoms with E-state index in [0.717, 1.165) is 17.2 Å². The normalized spacial score (nSPS) is 11.6. The highest BCUT2D eigenvalue weighted by Crippen LogP contribution is 2.31. The first-order valence-corrected chi connectivity index (χ1v) is 5.57. The number of alkyl halides is 3. The van der Waals surface area contributed by atoms with E-state index in [9.17, 15) is 13.2 Å². The molecule has 0 amide bonds. The van der Waals surface area contributed by atoms with Gasteiger partial charge < -0.3 is 5.73 Å². The average molecular weight is 267 g/mol. The van der Waals surface area contributed by atoms with Crippen molar-refractivity contribution in [2.45, 2.75) is 20.0 Å². The Hall–Kier alpha value is -2.11. The summed E-state index contributed by atoms with van der Waals surface area (Å²) in [6.07, 6.45) is -4.54. The van der Waals surface area contributed by atoms with Crippen molar-refractivity contribution >= 4 is 5.95 Å². The molecule has 2 aromatic rings. The van der Waals surface area contributed by atoms with Crippen LogP contribution in [0, 0.1) is 13.8 Å².